The summed E-state index contributed by atoms with van der Waals surface area (Å²) in [6.07, 6.45) is -3.65. The molecule has 1 heterocycles. The lowest BCUT2D eigenvalue weighted by molar-refractivity contribution is -0.140. The van der Waals surface area contributed by atoms with Crippen LogP contribution in [0.2, 0.25) is 0 Å². The van der Waals surface area contributed by atoms with E-state index in [4.69, 9.17) is 5.26 Å². The third kappa shape index (κ3) is 3.15. The predicted molar refractivity (Wildman–Crippen MR) is 65.6 cm³/mol. The number of rotatable bonds is 1. The molecule has 7 heteroatoms. The van der Waals surface area contributed by atoms with E-state index in [2.05, 4.69) is 0 Å². The molecule has 1 fully saturated rings. The maximum absolute atomic E-state index is 13.9. The third-order valence-corrected chi connectivity index (χ3v) is 3.43. The largest absolute Gasteiger partial charge is 0.419 e. The van der Waals surface area contributed by atoms with Crippen LogP contribution in [-0.4, -0.2) is 23.9 Å². The minimum Gasteiger partial charge on any atom is -0.337 e. The highest BCUT2D eigenvalue weighted by atomic mass is 19.4. The molecule has 0 saturated carbocycles. The number of nitriles is 1. The van der Waals surface area contributed by atoms with Gasteiger partial charge in [-0.15, -0.1) is 0 Å². The van der Waals surface area contributed by atoms with Gasteiger partial charge in [0.05, 0.1) is 23.1 Å². The fourth-order valence-electron chi connectivity index (χ4n) is 2.35. The summed E-state index contributed by atoms with van der Waals surface area (Å²) in [7, 11) is 0. The molecule has 0 bridgehead atoms. The lowest BCUT2D eigenvalue weighted by Gasteiger charge is -2.30. The number of benzene rings is 1. The van der Waals surface area contributed by atoms with Crippen LogP contribution in [-0.2, 0) is 6.18 Å². The lowest BCUT2D eigenvalue weighted by atomic mass is 9.98. The molecule has 2 rings (SSSR count). The van der Waals surface area contributed by atoms with Crippen molar-refractivity contribution in [3.8, 4) is 6.07 Å². The Balaban J connectivity index is 2.30. The lowest BCUT2D eigenvalue weighted by Crippen LogP contribution is -2.40. The second-order valence-electron chi connectivity index (χ2n) is 4.88. The molecule has 1 aliphatic heterocycles. The highest BCUT2D eigenvalue weighted by Crippen LogP contribution is 2.33. The molecule has 0 radical (unpaired) electrons. The number of hydrogen-bond donors (Lipinski definition) is 0. The Morgan fingerprint density at radius 1 is 1.38 bits per heavy atom. The molecule has 1 aromatic rings. The van der Waals surface area contributed by atoms with Crippen LogP contribution >= 0.6 is 0 Å². The van der Waals surface area contributed by atoms with E-state index in [1.54, 1.807) is 0 Å². The van der Waals surface area contributed by atoms with Crippen molar-refractivity contribution < 1.29 is 22.4 Å². The summed E-state index contributed by atoms with van der Waals surface area (Å²) < 4.78 is 51.8. The second kappa shape index (κ2) is 5.72. The highest BCUT2D eigenvalue weighted by molar-refractivity contribution is 5.94. The Hall–Kier alpha value is -2.10. The van der Waals surface area contributed by atoms with Gasteiger partial charge in [0.2, 0.25) is 0 Å². The Bertz CT molecular complexity index is 592. The van der Waals surface area contributed by atoms with E-state index in [0.717, 1.165) is 12.1 Å². The van der Waals surface area contributed by atoms with Crippen molar-refractivity contribution in [2.45, 2.75) is 19.0 Å². The van der Waals surface area contributed by atoms with Gasteiger partial charge in [0.15, 0.2) is 0 Å². The first-order valence-corrected chi connectivity index (χ1v) is 6.39. The van der Waals surface area contributed by atoms with Gasteiger partial charge in [0, 0.05) is 13.1 Å². The zero-order chi connectivity index (χ0) is 15.6. The summed E-state index contributed by atoms with van der Waals surface area (Å²) in [5, 5.41) is 8.86. The molecule has 0 spiro atoms. The number of alkyl halides is 3. The van der Waals surface area contributed by atoms with Crippen LogP contribution in [0.25, 0.3) is 0 Å². The standard InChI is InChI=1S/C14H12F4N2O/c15-12-10(4-1-5-11(12)14(16,17)18)13(21)20-6-2-3-9(7-19)8-20/h1,4-5,9H,2-3,6,8H2. The van der Waals surface area contributed by atoms with E-state index in [9.17, 15) is 22.4 Å². The molecule has 3 nitrogen and oxygen atoms in total. The van der Waals surface area contributed by atoms with Crippen LogP contribution < -0.4 is 0 Å². The number of carbonyl (C=O) groups is 1. The molecular formula is C14H12F4N2O. The number of carbonyl (C=O) groups excluding carboxylic acids is 1. The minimum absolute atomic E-state index is 0.116. The second-order valence-corrected chi connectivity index (χ2v) is 4.88. The normalized spacial score (nSPS) is 19.2. The molecule has 112 valence electrons. The monoisotopic (exact) mass is 300 g/mol. The summed E-state index contributed by atoms with van der Waals surface area (Å²) in [6, 6.07) is 4.66. The van der Waals surface area contributed by atoms with E-state index in [0.29, 0.717) is 25.5 Å². The van der Waals surface area contributed by atoms with Gasteiger partial charge < -0.3 is 4.90 Å². The van der Waals surface area contributed by atoms with Gasteiger partial charge >= 0.3 is 6.18 Å². The Morgan fingerprint density at radius 2 is 2.10 bits per heavy atom. The fraction of sp³-hybridized carbons (Fsp3) is 0.429. The minimum atomic E-state index is -4.85. The van der Waals surface area contributed by atoms with Crippen molar-refractivity contribution in [1.29, 1.82) is 5.26 Å². The first-order chi connectivity index (χ1) is 9.84. The number of nitrogens with zero attached hydrogens (tertiary/aromatic N) is 2. The van der Waals surface area contributed by atoms with Gasteiger partial charge in [-0.05, 0) is 25.0 Å². The van der Waals surface area contributed by atoms with E-state index >= 15 is 0 Å². The molecule has 1 unspecified atom stereocenters. The molecule has 0 aliphatic carbocycles. The van der Waals surface area contributed by atoms with Crippen LogP contribution in [0.1, 0.15) is 28.8 Å². The fourth-order valence-corrected chi connectivity index (χ4v) is 2.35. The SMILES string of the molecule is N#CC1CCCN(C(=O)c2cccc(C(F)(F)F)c2F)C1. The maximum Gasteiger partial charge on any atom is 0.419 e. The Morgan fingerprint density at radius 3 is 2.71 bits per heavy atom. The summed E-state index contributed by atoms with van der Waals surface area (Å²) in [5.74, 6) is -2.73. The topological polar surface area (TPSA) is 44.1 Å². The first-order valence-electron chi connectivity index (χ1n) is 6.39. The quantitative estimate of drug-likeness (QED) is 0.747. The van der Waals surface area contributed by atoms with Crippen LogP contribution in [0.3, 0.4) is 0 Å². The number of hydrogen-bond acceptors (Lipinski definition) is 2. The number of amides is 1. The summed E-state index contributed by atoms with van der Waals surface area (Å²) in [4.78, 5) is 13.4. The van der Waals surface area contributed by atoms with Crippen molar-refractivity contribution >= 4 is 5.91 Å². The number of halogens is 4. The molecule has 1 saturated heterocycles. The van der Waals surface area contributed by atoms with Gasteiger partial charge in [0.25, 0.3) is 5.91 Å². The average molecular weight is 300 g/mol. The van der Waals surface area contributed by atoms with Crippen molar-refractivity contribution in [2.24, 2.45) is 5.92 Å². The van der Waals surface area contributed by atoms with Gasteiger partial charge in [-0.3, -0.25) is 4.79 Å². The zero-order valence-electron chi connectivity index (χ0n) is 11.0. The van der Waals surface area contributed by atoms with Crippen LogP contribution in [0.4, 0.5) is 17.6 Å². The van der Waals surface area contributed by atoms with Gasteiger partial charge in [-0.1, -0.05) is 6.07 Å². The van der Waals surface area contributed by atoms with E-state index in [1.807, 2.05) is 6.07 Å². The Kier molecular flexibility index (Phi) is 4.16. The smallest absolute Gasteiger partial charge is 0.337 e. The van der Waals surface area contributed by atoms with Gasteiger partial charge in [0.1, 0.15) is 5.82 Å². The summed E-state index contributed by atoms with van der Waals surface area (Å²) >= 11 is 0. The van der Waals surface area contributed by atoms with Crippen molar-refractivity contribution in [1.82, 2.24) is 4.90 Å². The molecule has 21 heavy (non-hydrogen) atoms. The van der Waals surface area contributed by atoms with E-state index < -0.39 is 29.0 Å². The molecule has 0 aromatic heterocycles. The molecule has 0 N–H and O–H groups in total. The molecule has 1 amide bonds. The van der Waals surface area contributed by atoms with Crippen molar-refractivity contribution in [3.05, 3.63) is 35.1 Å². The summed E-state index contributed by atoms with van der Waals surface area (Å²) in [6.45, 7) is 0.428. The van der Waals surface area contributed by atoms with Crippen LogP contribution in [0, 0.1) is 23.1 Å². The Labute approximate surface area is 118 Å². The van der Waals surface area contributed by atoms with Gasteiger partial charge in [-0.2, -0.15) is 18.4 Å². The third-order valence-electron chi connectivity index (χ3n) is 3.43. The average Bonchev–Trinajstić information content (AvgIpc) is 2.45. The number of piperidine rings is 1. The van der Waals surface area contributed by atoms with E-state index in [1.165, 1.54) is 4.90 Å². The van der Waals surface area contributed by atoms with Gasteiger partial charge in [-0.25, -0.2) is 4.39 Å². The van der Waals surface area contributed by atoms with Crippen LogP contribution in [0.15, 0.2) is 18.2 Å². The molecular weight excluding hydrogens is 288 g/mol. The van der Waals surface area contributed by atoms with Crippen LogP contribution in [0.5, 0.6) is 0 Å². The predicted octanol–water partition coefficient (Wildman–Crippen LogP) is 3.22. The molecule has 1 aromatic carbocycles. The highest BCUT2D eigenvalue weighted by Gasteiger charge is 2.36. The molecule has 1 aliphatic rings. The molecule has 1 atom stereocenters. The van der Waals surface area contributed by atoms with Crippen molar-refractivity contribution in [2.75, 3.05) is 13.1 Å². The number of likely N-dealkylation sites (tertiary alicyclic amines) is 1. The van der Waals surface area contributed by atoms with Crippen molar-refractivity contribution in [3.63, 3.8) is 0 Å². The first kappa shape index (κ1) is 15.3. The zero-order valence-corrected chi connectivity index (χ0v) is 11.0. The maximum atomic E-state index is 13.9. The van der Waals surface area contributed by atoms with E-state index in [-0.39, 0.29) is 12.5 Å². The summed E-state index contributed by atoms with van der Waals surface area (Å²) in [5.41, 5.74) is -2.06.